The van der Waals surface area contributed by atoms with Crippen LogP contribution in [0.1, 0.15) is 38.5 Å². The zero-order valence-electron chi connectivity index (χ0n) is 24.3. The van der Waals surface area contributed by atoms with Crippen LogP contribution in [0.15, 0.2) is 0 Å². The Balaban J connectivity index is -0.00000420. The zero-order chi connectivity index (χ0) is 30.1. The highest BCUT2D eigenvalue weighted by Gasteiger charge is 2.46. The quantitative estimate of drug-likeness (QED) is 0.0568. The Morgan fingerprint density at radius 2 is 0.773 bits per heavy atom. The summed E-state index contributed by atoms with van der Waals surface area (Å²) in [6, 6.07) is 0. The van der Waals surface area contributed by atoms with Crippen molar-refractivity contribution < 1.29 is 87.3 Å². The van der Waals surface area contributed by atoms with Crippen LogP contribution in [0.25, 0.3) is 0 Å². The van der Waals surface area contributed by atoms with E-state index in [1.807, 2.05) is 0 Å². The third-order valence-corrected chi connectivity index (χ3v) is 7.22. The van der Waals surface area contributed by atoms with Crippen LogP contribution in [-0.2, 0) is 37.1 Å². The molecule has 0 amide bonds. The molecule has 2 heterocycles. The van der Waals surface area contributed by atoms with Crippen LogP contribution >= 0.6 is 15.6 Å². The van der Waals surface area contributed by atoms with Gasteiger partial charge in [-0.25, -0.2) is 9.13 Å². The van der Waals surface area contributed by atoms with E-state index in [-0.39, 0.29) is 37.8 Å². The van der Waals surface area contributed by atoms with Crippen molar-refractivity contribution in [3.05, 3.63) is 0 Å². The van der Waals surface area contributed by atoms with Gasteiger partial charge in [0.15, 0.2) is 12.6 Å². The number of phosphoric ester groups is 2. The minimum atomic E-state index is -4.83. The summed E-state index contributed by atoms with van der Waals surface area (Å²) in [6.45, 7) is -1.17. The average molecular weight is 699 g/mol. The van der Waals surface area contributed by atoms with Crippen LogP contribution in [0.2, 0.25) is 0 Å². The lowest BCUT2D eigenvalue weighted by atomic mass is 9.99. The van der Waals surface area contributed by atoms with Gasteiger partial charge in [0.2, 0.25) is 0 Å². The maximum atomic E-state index is 10.9. The molecular formula is C20H52N4O18P2. The number of hydrogen-bond acceptors (Lipinski definition) is 18. The lowest BCUT2D eigenvalue weighted by Gasteiger charge is -2.40. The van der Waals surface area contributed by atoms with Crippen LogP contribution in [0, 0.1) is 0 Å². The Morgan fingerprint density at radius 3 is 1.07 bits per heavy atom. The van der Waals surface area contributed by atoms with Gasteiger partial charge in [-0.1, -0.05) is 25.7 Å². The summed E-state index contributed by atoms with van der Waals surface area (Å²) in [4.78, 5) is 35.2. The van der Waals surface area contributed by atoms with E-state index in [4.69, 9.17) is 38.5 Å². The Hall–Kier alpha value is -0.340. The highest BCUT2D eigenvalue weighted by molar-refractivity contribution is 7.46. The highest BCUT2D eigenvalue weighted by atomic mass is 31.2. The van der Waals surface area contributed by atoms with Gasteiger partial charge in [-0.15, -0.1) is 0 Å². The first-order valence-electron chi connectivity index (χ1n) is 12.6. The number of rotatable bonds is 17. The van der Waals surface area contributed by atoms with Gasteiger partial charge in [0.1, 0.15) is 48.8 Å². The first-order valence-corrected chi connectivity index (χ1v) is 15.7. The third kappa shape index (κ3) is 16.5. The molecule has 0 aliphatic carbocycles. The van der Waals surface area contributed by atoms with Crippen molar-refractivity contribution in [3.8, 4) is 0 Å². The summed E-state index contributed by atoms with van der Waals surface area (Å²) >= 11 is 0. The van der Waals surface area contributed by atoms with Gasteiger partial charge in [-0.05, 0) is 12.8 Å². The molecule has 270 valence electrons. The molecule has 0 radical (unpaired) electrons. The van der Waals surface area contributed by atoms with E-state index >= 15 is 0 Å². The molecular weight excluding hydrogens is 646 g/mol. The molecule has 44 heavy (non-hydrogen) atoms. The molecule has 0 aromatic carbocycles. The van der Waals surface area contributed by atoms with Gasteiger partial charge in [0, 0.05) is 13.2 Å². The summed E-state index contributed by atoms with van der Waals surface area (Å²) in [6.07, 6.45) is -10.9. The first kappa shape index (κ1) is 48.1. The predicted molar refractivity (Wildman–Crippen MR) is 149 cm³/mol. The van der Waals surface area contributed by atoms with E-state index in [9.17, 15) is 39.8 Å². The molecule has 2 aliphatic heterocycles. The van der Waals surface area contributed by atoms with Crippen LogP contribution < -0.4 is 24.6 Å². The lowest BCUT2D eigenvalue weighted by Crippen LogP contribution is -2.59. The molecule has 0 spiro atoms. The summed E-state index contributed by atoms with van der Waals surface area (Å²) in [7, 11) is -9.66. The molecule has 2 rings (SSSR count). The number of hydrogen-bond donors (Lipinski definition) is 14. The van der Waals surface area contributed by atoms with E-state index in [0.29, 0.717) is 12.8 Å². The minimum absolute atomic E-state index is 0. The number of unbranched alkanes of at least 4 members (excludes halogenated alkanes) is 5. The summed E-state index contributed by atoms with van der Waals surface area (Å²) in [5, 5.41) is 59.8. The Morgan fingerprint density at radius 1 is 0.477 bits per heavy atom. The van der Waals surface area contributed by atoms with Crippen molar-refractivity contribution in [2.45, 2.75) is 99.9 Å². The second-order valence-electron chi connectivity index (χ2n) is 9.46. The molecule has 0 aromatic rings. The Bertz CT molecular complexity index is 777. The van der Waals surface area contributed by atoms with Crippen LogP contribution in [0.3, 0.4) is 0 Å². The fourth-order valence-corrected chi connectivity index (χ4v) is 4.72. The van der Waals surface area contributed by atoms with E-state index in [1.165, 1.54) is 0 Å². The molecule has 2 saturated heterocycles. The van der Waals surface area contributed by atoms with E-state index < -0.39 is 90.3 Å². The molecule has 22 nitrogen and oxygen atoms in total. The summed E-state index contributed by atoms with van der Waals surface area (Å²) in [5.41, 5.74) is 0. The molecule has 0 bridgehead atoms. The van der Waals surface area contributed by atoms with E-state index in [0.717, 1.165) is 25.7 Å². The van der Waals surface area contributed by atoms with Crippen LogP contribution in [0.4, 0.5) is 0 Å². The van der Waals surface area contributed by atoms with Gasteiger partial charge in [-0.3, -0.25) is 9.05 Å². The monoisotopic (exact) mass is 698 g/mol. The fourth-order valence-electron chi connectivity index (χ4n) is 4.04. The van der Waals surface area contributed by atoms with Crippen LogP contribution in [0.5, 0.6) is 0 Å². The largest absolute Gasteiger partial charge is 0.469 e. The minimum Gasteiger partial charge on any atom is -0.387 e. The average Bonchev–Trinajstić information content (AvgIpc) is 2.87. The molecule has 0 unspecified atom stereocenters. The molecule has 24 heteroatoms. The SMILES string of the molecule is N.N.N.N.O=P(O)(O)OC[C@H]1O[C@H](OCCCCCCCCO[C@H]2O[C@H](COP(=O)(O)O)[C@@H](O)[C@H](O)[C@@H]2O)[C@@H](O)[C@@H](O)[C@@H]1O. The van der Waals surface area contributed by atoms with Crippen molar-refractivity contribution in [2.24, 2.45) is 0 Å². The Labute approximate surface area is 254 Å². The van der Waals surface area contributed by atoms with Gasteiger partial charge < -0.3 is 93.8 Å². The van der Waals surface area contributed by atoms with Gasteiger partial charge in [-0.2, -0.15) is 0 Å². The molecule has 10 atom stereocenters. The van der Waals surface area contributed by atoms with Gasteiger partial charge in [0.25, 0.3) is 0 Å². The molecule has 2 fully saturated rings. The summed E-state index contributed by atoms with van der Waals surface area (Å²) < 4.78 is 51.7. The van der Waals surface area contributed by atoms with Crippen molar-refractivity contribution >= 4 is 15.6 Å². The van der Waals surface area contributed by atoms with Gasteiger partial charge >= 0.3 is 15.6 Å². The number of aliphatic hydroxyl groups excluding tert-OH is 6. The maximum Gasteiger partial charge on any atom is 0.469 e. The van der Waals surface area contributed by atoms with Crippen molar-refractivity contribution in [2.75, 3.05) is 26.4 Å². The normalized spacial score (nSPS) is 32.4. The molecule has 0 saturated carbocycles. The second kappa shape index (κ2) is 22.3. The standard InChI is InChI=1S/C20H40O18P2.4H3N/c21-13-11(9-35-39(27,28)29)37-19(17(25)15(13)23)33-7-5-3-1-2-4-6-8-34-20-18(26)16(24)14(22)12(38-20)10-36-40(30,31)32;;;;/h11-26H,1-10H2,(H2,27,28,29)(H2,30,31,32);4*1H3/t11-,12-,13-,14-,15+,16+,17+,18+,19+,20+;;;;/m1..../s1. The van der Waals surface area contributed by atoms with Crippen molar-refractivity contribution in [1.82, 2.24) is 24.6 Å². The Kier molecular flexibility index (Phi) is 24.3. The van der Waals surface area contributed by atoms with Gasteiger partial charge in [0.05, 0.1) is 13.2 Å². The first-order chi connectivity index (χ1) is 18.6. The second-order valence-corrected chi connectivity index (χ2v) is 11.9. The van der Waals surface area contributed by atoms with Crippen LogP contribution in [-0.4, -0.2) is 138 Å². The lowest BCUT2D eigenvalue weighted by molar-refractivity contribution is -0.300. The predicted octanol–water partition coefficient (Wildman–Crippen LogP) is -2.16. The fraction of sp³-hybridized carbons (Fsp3) is 1.00. The molecule has 2 aliphatic rings. The number of aliphatic hydroxyl groups is 6. The van der Waals surface area contributed by atoms with Crippen molar-refractivity contribution in [1.29, 1.82) is 0 Å². The topological polar surface area (TPSA) is 432 Å². The van der Waals surface area contributed by atoms with E-state index in [2.05, 4.69) is 9.05 Å². The van der Waals surface area contributed by atoms with Crippen molar-refractivity contribution in [3.63, 3.8) is 0 Å². The maximum absolute atomic E-state index is 10.9. The van der Waals surface area contributed by atoms with E-state index in [1.54, 1.807) is 0 Å². The third-order valence-electron chi connectivity index (χ3n) is 6.25. The number of ether oxygens (including phenoxy) is 4. The highest BCUT2D eigenvalue weighted by Crippen LogP contribution is 2.38. The summed E-state index contributed by atoms with van der Waals surface area (Å²) in [5.74, 6) is 0. The molecule has 22 N–H and O–H groups in total. The molecule has 0 aromatic heterocycles. The number of phosphoric acid groups is 2. The zero-order valence-corrected chi connectivity index (χ0v) is 26.1. The smallest absolute Gasteiger partial charge is 0.387 e.